The molecular formula is C27H31F3N4O3. The van der Waals surface area contributed by atoms with Gasteiger partial charge < -0.3 is 20.1 Å². The topological polar surface area (TPSA) is 87.6 Å². The molecule has 0 fully saturated rings. The smallest absolute Gasteiger partial charge is 0.303 e. The van der Waals surface area contributed by atoms with Crippen LogP contribution < -0.4 is 10.2 Å². The highest BCUT2D eigenvalue weighted by Gasteiger charge is 2.49. The Bertz CT molecular complexity index is 1390. The molecule has 1 aliphatic heterocycles. The summed E-state index contributed by atoms with van der Waals surface area (Å²) in [7, 11) is 3.23. The van der Waals surface area contributed by atoms with Crippen LogP contribution in [0.1, 0.15) is 56.3 Å². The van der Waals surface area contributed by atoms with Gasteiger partial charge in [0.15, 0.2) is 0 Å². The third-order valence-electron chi connectivity index (χ3n) is 7.05. The molecule has 0 spiro atoms. The van der Waals surface area contributed by atoms with Crippen molar-refractivity contribution in [3.05, 3.63) is 58.7 Å². The number of nitrogens with one attached hydrogen (secondary N) is 1. The number of methoxy groups -OCH3 is 1. The molecule has 1 amide bonds. The van der Waals surface area contributed by atoms with Gasteiger partial charge >= 0.3 is 5.92 Å². The summed E-state index contributed by atoms with van der Waals surface area (Å²) in [5.74, 6) is -4.21. The van der Waals surface area contributed by atoms with Gasteiger partial charge in [-0.05, 0) is 58.4 Å². The van der Waals surface area contributed by atoms with E-state index in [0.29, 0.717) is 28.2 Å². The molecule has 2 unspecified atom stereocenters. The van der Waals surface area contributed by atoms with Crippen molar-refractivity contribution in [1.29, 1.82) is 0 Å². The van der Waals surface area contributed by atoms with E-state index in [1.807, 2.05) is 13.0 Å². The maximum atomic E-state index is 15.4. The van der Waals surface area contributed by atoms with Gasteiger partial charge in [-0.25, -0.2) is 14.4 Å². The lowest BCUT2D eigenvalue weighted by atomic mass is 9.84. The predicted octanol–water partition coefficient (Wildman–Crippen LogP) is 4.99. The minimum atomic E-state index is -3.81. The Morgan fingerprint density at radius 1 is 1.24 bits per heavy atom. The number of fused-ring (bicyclic) bond motifs is 2. The van der Waals surface area contributed by atoms with E-state index < -0.39 is 34.4 Å². The Balaban J connectivity index is 1.81. The van der Waals surface area contributed by atoms with Crippen molar-refractivity contribution in [1.82, 2.24) is 9.97 Å². The number of likely N-dealkylation sites (N-methyl/N-ethyl adjacent to an activating group) is 1. The average molecular weight is 517 g/mol. The zero-order valence-electron chi connectivity index (χ0n) is 21.9. The average Bonchev–Trinajstić information content (AvgIpc) is 2.98. The van der Waals surface area contributed by atoms with E-state index >= 15 is 4.39 Å². The largest absolute Gasteiger partial charge is 0.384 e. The standard InChI is InChI=1S/C27H31F3N4O3/c1-14(16-9-8-10-18(22(16)28)27(29,30)25(3,4)36)31-23-17-11-19-21(12-20(17)32-15(2)33-23)34(6)24(35)26(19,5)13-37-7/h8-12,14,36H,13H2,1-7H3,(H,31,32,33). The summed E-state index contributed by atoms with van der Waals surface area (Å²) in [5.41, 5.74) is -2.23. The van der Waals surface area contributed by atoms with Crippen LogP contribution in [0.5, 0.6) is 0 Å². The molecule has 2 aromatic carbocycles. The summed E-state index contributed by atoms with van der Waals surface area (Å²) < 4.78 is 50.3. The van der Waals surface area contributed by atoms with Crippen LogP contribution >= 0.6 is 0 Å². The highest BCUT2D eigenvalue weighted by atomic mass is 19.3. The summed E-state index contributed by atoms with van der Waals surface area (Å²) in [5, 5.41) is 13.7. The predicted molar refractivity (Wildman–Crippen MR) is 136 cm³/mol. The summed E-state index contributed by atoms with van der Waals surface area (Å²) in [6.07, 6.45) is 0. The fourth-order valence-corrected chi connectivity index (χ4v) is 4.87. The number of carbonyl (C=O) groups excluding carboxylic acids is 1. The number of anilines is 2. The van der Waals surface area contributed by atoms with Gasteiger partial charge in [0.1, 0.15) is 23.1 Å². The van der Waals surface area contributed by atoms with Crippen LogP contribution in [-0.2, 0) is 20.9 Å². The second kappa shape index (κ2) is 8.95. The van der Waals surface area contributed by atoms with E-state index in [1.165, 1.54) is 19.2 Å². The Labute approximate surface area is 213 Å². The molecule has 4 rings (SSSR count). The summed E-state index contributed by atoms with van der Waals surface area (Å²) in [6, 6.07) is 6.58. The van der Waals surface area contributed by atoms with Gasteiger partial charge in [0.05, 0.1) is 29.1 Å². The molecule has 1 aliphatic rings. The first-order chi connectivity index (χ1) is 17.1. The van der Waals surface area contributed by atoms with Gasteiger partial charge in [-0.3, -0.25) is 4.79 Å². The van der Waals surface area contributed by atoms with E-state index in [0.717, 1.165) is 25.5 Å². The van der Waals surface area contributed by atoms with Crippen LogP contribution in [0.3, 0.4) is 0 Å². The molecule has 0 aliphatic carbocycles. The second-order valence-corrected chi connectivity index (χ2v) is 10.3. The minimum Gasteiger partial charge on any atom is -0.384 e. The van der Waals surface area contributed by atoms with Crippen LogP contribution in [0.25, 0.3) is 10.9 Å². The van der Waals surface area contributed by atoms with E-state index in [1.54, 1.807) is 31.9 Å². The number of nitrogens with zero attached hydrogens (tertiary/aromatic N) is 3. The monoisotopic (exact) mass is 516 g/mol. The molecule has 0 saturated heterocycles. The Morgan fingerprint density at radius 2 is 1.92 bits per heavy atom. The van der Waals surface area contributed by atoms with Gasteiger partial charge in [0.2, 0.25) is 5.91 Å². The second-order valence-electron chi connectivity index (χ2n) is 10.3. The minimum absolute atomic E-state index is 0.00821. The number of amides is 1. The van der Waals surface area contributed by atoms with Gasteiger partial charge in [-0.2, -0.15) is 8.78 Å². The first-order valence-electron chi connectivity index (χ1n) is 11.9. The lowest BCUT2D eigenvalue weighted by Crippen LogP contribution is -2.41. The molecule has 7 nitrogen and oxygen atoms in total. The number of rotatable bonds is 7. The number of hydrogen-bond acceptors (Lipinski definition) is 6. The number of carbonyl (C=O) groups is 1. The van der Waals surface area contributed by atoms with Crippen LogP contribution in [-0.4, -0.2) is 47.3 Å². The zero-order chi connectivity index (χ0) is 27.5. The van der Waals surface area contributed by atoms with Crippen molar-refractivity contribution in [3.63, 3.8) is 0 Å². The molecule has 2 heterocycles. The zero-order valence-corrected chi connectivity index (χ0v) is 21.9. The SMILES string of the molecule is COCC1(C)C(=O)N(C)c2cc3nc(C)nc(NC(C)c4cccc(C(F)(F)C(C)(C)O)c4F)c3cc21. The van der Waals surface area contributed by atoms with E-state index in [9.17, 15) is 18.7 Å². The summed E-state index contributed by atoms with van der Waals surface area (Å²) >= 11 is 0. The summed E-state index contributed by atoms with van der Waals surface area (Å²) in [4.78, 5) is 23.7. The van der Waals surface area contributed by atoms with Crippen LogP contribution in [0, 0.1) is 12.7 Å². The Morgan fingerprint density at radius 3 is 2.54 bits per heavy atom. The van der Waals surface area contributed by atoms with Crippen molar-refractivity contribution < 1.29 is 27.8 Å². The van der Waals surface area contributed by atoms with E-state index in [2.05, 4.69) is 15.3 Å². The number of halogens is 3. The molecule has 37 heavy (non-hydrogen) atoms. The first kappa shape index (κ1) is 26.8. The van der Waals surface area contributed by atoms with Crippen LogP contribution in [0.15, 0.2) is 30.3 Å². The quantitative estimate of drug-likeness (QED) is 0.460. The fraction of sp³-hybridized carbons (Fsp3) is 0.444. The van der Waals surface area contributed by atoms with Crippen LogP contribution in [0.4, 0.5) is 24.7 Å². The fourth-order valence-electron chi connectivity index (χ4n) is 4.87. The molecule has 2 N–H and O–H groups in total. The van der Waals surface area contributed by atoms with Crippen molar-refractivity contribution in [2.45, 2.75) is 57.6 Å². The van der Waals surface area contributed by atoms with Crippen molar-refractivity contribution in [3.8, 4) is 0 Å². The first-order valence-corrected chi connectivity index (χ1v) is 11.9. The lowest BCUT2D eigenvalue weighted by molar-refractivity contribution is -0.170. The normalized spacial score (nSPS) is 18.9. The molecule has 2 atom stereocenters. The third-order valence-corrected chi connectivity index (χ3v) is 7.05. The number of aromatic nitrogens is 2. The highest BCUT2D eigenvalue weighted by molar-refractivity contribution is 6.10. The number of hydrogen-bond donors (Lipinski definition) is 2. The third kappa shape index (κ3) is 4.21. The summed E-state index contributed by atoms with van der Waals surface area (Å²) in [6.45, 7) is 7.20. The number of ether oxygens (including phenoxy) is 1. The number of alkyl halides is 2. The number of aliphatic hydroxyl groups is 1. The van der Waals surface area contributed by atoms with Gasteiger partial charge in [0, 0.05) is 30.8 Å². The highest BCUT2D eigenvalue weighted by Crippen LogP contribution is 2.45. The molecule has 10 heteroatoms. The molecule has 3 aromatic rings. The molecule has 0 saturated carbocycles. The maximum Gasteiger partial charge on any atom is 0.303 e. The lowest BCUT2D eigenvalue weighted by Gasteiger charge is -2.30. The molecule has 0 bridgehead atoms. The van der Waals surface area contributed by atoms with Gasteiger partial charge in [-0.1, -0.05) is 12.1 Å². The van der Waals surface area contributed by atoms with Gasteiger partial charge in [-0.15, -0.1) is 0 Å². The molecule has 0 radical (unpaired) electrons. The molecule has 198 valence electrons. The number of aryl methyl sites for hydroxylation is 1. The van der Waals surface area contributed by atoms with Crippen molar-refractivity contribution in [2.24, 2.45) is 0 Å². The van der Waals surface area contributed by atoms with E-state index in [4.69, 9.17) is 4.74 Å². The Kier molecular flexibility index (Phi) is 6.49. The molecule has 1 aromatic heterocycles. The van der Waals surface area contributed by atoms with Crippen molar-refractivity contribution >= 4 is 28.3 Å². The molecular weight excluding hydrogens is 485 g/mol. The Hall–Kier alpha value is -3.24. The van der Waals surface area contributed by atoms with Crippen molar-refractivity contribution in [2.75, 3.05) is 31.0 Å². The number of benzene rings is 2. The van der Waals surface area contributed by atoms with Gasteiger partial charge in [0.25, 0.3) is 0 Å². The van der Waals surface area contributed by atoms with Crippen LogP contribution in [0.2, 0.25) is 0 Å². The van der Waals surface area contributed by atoms with E-state index in [-0.39, 0.29) is 18.1 Å². The maximum absolute atomic E-state index is 15.4.